The maximum absolute atomic E-state index is 11.4. The number of nitrogens with one attached hydrogen (secondary N) is 1. The zero-order valence-electron chi connectivity index (χ0n) is 14.7. The van der Waals surface area contributed by atoms with Crippen LogP contribution in [-0.2, 0) is 14.3 Å². The van der Waals surface area contributed by atoms with Crippen LogP contribution < -0.4 is 5.32 Å². The van der Waals surface area contributed by atoms with Gasteiger partial charge in [0.2, 0.25) is 0 Å². The highest BCUT2D eigenvalue weighted by molar-refractivity contribution is 5.72. The van der Waals surface area contributed by atoms with E-state index in [2.05, 4.69) is 33.0 Å². The van der Waals surface area contributed by atoms with Crippen LogP contribution in [0.3, 0.4) is 0 Å². The van der Waals surface area contributed by atoms with Crippen LogP contribution in [0, 0.1) is 0 Å². The quantitative estimate of drug-likeness (QED) is 0.563. The third-order valence-electron chi connectivity index (χ3n) is 4.14. The fourth-order valence-corrected chi connectivity index (χ4v) is 3.59. The minimum atomic E-state index is -0.933. The molecular weight excluding hydrogens is 298 g/mol. The summed E-state index contributed by atoms with van der Waals surface area (Å²) in [5.74, 6) is -1.74. The van der Waals surface area contributed by atoms with E-state index < -0.39 is 18.0 Å². The van der Waals surface area contributed by atoms with E-state index in [0.717, 1.165) is 12.8 Å². The SMILES string of the molecule is CC1(C)CC(OC(CCCCCC(=O)O)C(=O)O)CC(C)(C)N1. The van der Waals surface area contributed by atoms with Gasteiger partial charge in [0, 0.05) is 17.5 Å². The second kappa shape index (κ2) is 8.11. The highest BCUT2D eigenvalue weighted by Gasteiger charge is 2.39. The summed E-state index contributed by atoms with van der Waals surface area (Å²) in [4.78, 5) is 21.9. The number of hydrogen-bond acceptors (Lipinski definition) is 4. The summed E-state index contributed by atoms with van der Waals surface area (Å²) in [6, 6.07) is 0. The number of rotatable bonds is 9. The first-order chi connectivity index (χ1) is 10.5. The van der Waals surface area contributed by atoms with Gasteiger partial charge in [-0.25, -0.2) is 4.79 Å². The number of carbonyl (C=O) groups is 2. The van der Waals surface area contributed by atoms with Gasteiger partial charge < -0.3 is 20.3 Å². The first-order valence-corrected chi connectivity index (χ1v) is 8.40. The minimum absolute atomic E-state index is 0.0821. The smallest absolute Gasteiger partial charge is 0.332 e. The number of hydrogen-bond donors (Lipinski definition) is 3. The van der Waals surface area contributed by atoms with Crippen LogP contribution in [0.15, 0.2) is 0 Å². The van der Waals surface area contributed by atoms with Crippen LogP contribution in [0.25, 0.3) is 0 Å². The third-order valence-corrected chi connectivity index (χ3v) is 4.14. The van der Waals surface area contributed by atoms with Crippen molar-refractivity contribution in [2.24, 2.45) is 0 Å². The minimum Gasteiger partial charge on any atom is -0.481 e. The van der Waals surface area contributed by atoms with E-state index in [4.69, 9.17) is 9.84 Å². The Labute approximate surface area is 138 Å². The molecule has 3 N–H and O–H groups in total. The molecule has 1 rings (SSSR count). The van der Waals surface area contributed by atoms with Crippen LogP contribution >= 0.6 is 0 Å². The summed E-state index contributed by atoms with van der Waals surface area (Å²) >= 11 is 0. The molecule has 134 valence electrons. The maximum Gasteiger partial charge on any atom is 0.332 e. The second-order valence-corrected chi connectivity index (χ2v) is 7.88. The van der Waals surface area contributed by atoms with Gasteiger partial charge in [-0.3, -0.25) is 4.79 Å². The first kappa shape index (κ1) is 19.9. The number of carboxylic acids is 2. The van der Waals surface area contributed by atoms with E-state index in [1.807, 2.05) is 0 Å². The van der Waals surface area contributed by atoms with Gasteiger partial charge >= 0.3 is 11.9 Å². The Kier molecular flexibility index (Phi) is 7.02. The van der Waals surface area contributed by atoms with Gasteiger partial charge in [0.1, 0.15) is 0 Å². The zero-order chi connectivity index (χ0) is 17.7. The molecule has 0 aromatic rings. The van der Waals surface area contributed by atoms with Gasteiger partial charge in [-0.05, 0) is 53.4 Å². The van der Waals surface area contributed by atoms with E-state index in [1.165, 1.54) is 0 Å². The molecule has 23 heavy (non-hydrogen) atoms. The lowest BCUT2D eigenvalue weighted by Gasteiger charge is -2.46. The van der Waals surface area contributed by atoms with E-state index in [9.17, 15) is 14.7 Å². The Morgan fingerprint density at radius 1 is 1.09 bits per heavy atom. The fourth-order valence-electron chi connectivity index (χ4n) is 3.59. The molecule has 0 aliphatic carbocycles. The van der Waals surface area contributed by atoms with Crippen molar-refractivity contribution in [3.63, 3.8) is 0 Å². The standard InChI is InChI=1S/C17H31NO5/c1-16(2)10-12(11-17(3,4)18-16)23-13(15(21)22)8-6-5-7-9-14(19)20/h12-13,18H,5-11H2,1-4H3,(H,19,20)(H,21,22). The topological polar surface area (TPSA) is 95.9 Å². The summed E-state index contributed by atoms with van der Waals surface area (Å²) in [6.45, 7) is 8.41. The van der Waals surface area contributed by atoms with Gasteiger partial charge in [-0.15, -0.1) is 0 Å². The van der Waals surface area contributed by atoms with Crippen molar-refractivity contribution in [2.45, 2.75) is 95.9 Å². The van der Waals surface area contributed by atoms with Crippen LogP contribution in [0.5, 0.6) is 0 Å². The second-order valence-electron chi connectivity index (χ2n) is 7.88. The van der Waals surface area contributed by atoms with Gasteiger partial charge in [0.15, 0.2) is 6.10 Å². The molecule has 1 aliphatic heterocycles. The van der Waals surface area contributed by atoms with Crippen molar-refractivity contribution in [2.75, 3.05) is 0 Å². The van der Waals surface area contributed by atoms with Crippen LogP contribution in [0.2, 0.25) is 0 Å². The lowest BCUT2D eigenvalue weighted by atomic mass is 9.81. The number of aliphatic carboxylic acids is 2. The molecule has 1 saturated heterocycles. The van der Waals surface area contributed by atoms with Crippen molar-refractivity contribution < 1.29 is 24.5 Å². The summed E-state index contributed by atoms with van der Waals surface area (Å²) in [6.07, 6.45) is 3.18. The fraction of sp³-hybridized carbons (Fsp3) is 0.882. The average molecular weight is 329 g/mol. The Morgan fingerprint density at radius 2 is 1.65 bits per heavy atom. The molecule has 0 aromatic carbocycles. The molecule has 0 radical (unpaired) electrons. The van der Waals surface area contributed by atoms with Gasteiger partial charge in [-0.2, -0.15) is 0 Å². The van der Waals surface area contributed by atoms with E-state index in [0.29, 0.717) is 25.7 Å². The largest absolute Gasteiger partial charge is 0.481 e. The lowest BCUT2D eigenvalue weighted by molar-refractivity contribution is -0.159. The predicted molar refractivity (Wildman–Crippen MR) is 87.5 cm³/mol. The summed E-state index contributed by atoms with van der Waals surface area (Å²) in [5.41, 5.74) is -0.173. The number of carboxylic acid groups (broad SMARTS) is 2. The number of ether oxygens (including phenoxy) is 1. The lowest BCUT2D eigenvalue weighted by Crippen LogP contribution is -2.60. The monoisotopic (exact) mass is 329 g/mol. The molecule has 6 heteroatoms. The van der Waals surface area contributed by atoms with Gasteiger partial charge in [0.05, 0.1) is 6.10 Å². The number of unbranched alkanes of at least 4 members (excludes halogenated alkanes) is 2. The third kappa shape index (κ3) is 7.79. The highest BCUT2D eigenvalue weighted by atomic mass is 16.5. The van der Waals surface area contributed by atoms with Crippen LogP contribution in [0.1, 0.15) is 72.6 Å². The van der Waals surface area contributed by atoms with E-state index in [-0.39, 0.29) is 23.6 Å². The molecule has 0 amide bonds. The van der Waals surface area contributed by atoms with Gasteiger partial charge in [0.25, 0.3) is 0 Å². The summed E-state index contributed by atoms with van der Waals surface area (Å²) < 4.78 is 5.90. The Hall–Kier alpha value is -1.14. The number of piperidine rings is 1. The molecule has 0 spiro atoms. The molecule has 1 aliphatic rings. The van der Waals surface area contributed by atoms with Crippen LogP contribution in [-0.4, -0.2) is 45.4 Å². The van der Waals surface area contributed by atoms with Crippen molar-refractivity contribution >= 4 is 11.9 Å². The molecule has 0 aromatic heterocycles. The molecule has 6 nitrogen and oxygen atoms in total. The predicted octanol–water partition coefficient (Wildman–Crippen LogP) is 2.80. The molecular formula is C17H31NO5. The average Bonchev–Trinajstić information content (AvgIpc) is 2.32. The van der Waals surface area contributed by atoms with Crippen molar-refractivity contribution in [1.82, 2.24) is 5.32 Å². The van der Waals surface area contributed by atoms with Crippen LogP contribution in [0.4, 0.5) is 0 Å². The highest BCUT2D eigenvalue weighted by Crippen LogP contribution is 2.31. The zero-order valence-corrected chi connectivity index (χ0v) is 14.7. The summed E-state index contributed by atoms with van der Waals surface area (Å²) in [5, 5.41) is 21.5. The molecule has 1 heterocycles. The molecule has 1 fully saturated rings. The van der Waals surface area contributed by atoms with Gasteiger partial charge in [-0.1, -0.05) is 12.8 Å². The first-order valence-electron chi connectivity index (χ1n) is 8.40. The molecule has 1 atom stereocenters. The maximum atomic E-state index is 11.4. The Bertz CT molecular complexity index is 403. The normalized spacial score (nSPS) is 21.7. The van der Waals surface area contributed by atoms with Crippen molar-refractivity contribution in [1.29, 1.82) is 0 Å². The molecule has 1 unspecified atom stereocenters. The van der Waals surface area contributed by atoms with E-state index in [1.54, 1.807) is 0 Å². The Balaban J connectivity index is 2.48. The van der Waals surface area contributed by atoms with Crippen molar-refractivity contribution in [3.8, 4) is 0 Å². The summed E-state index contributed by atoms with van der Waals surface area (Å²) in [7, 11) is 0. The van der Waals surface area contributed by atoms with Crippen molar-refractivity contribution in [3.05, 3.63) is 0 Å². The Morgan fingerprint density at radius 3 is 2.13 bits per heavy atom. The molecule has 0 bridgehead atoms. The molecule has 0 saturated carbocycles. The van der Waals surface area contributed by atoms with E-state index >= 15 is 0 Å².